The Morgan fingerprint density at radius 1 is 1.16 bits per heavy atom. The topological polar surface area (TPSA) is 105 Å². The highest BCUT2D eigenvalue weighted by Crippen LogP contribution is 2.13. The molecule has 0 aliphatic carbocycles. The zero-order valence-electron chi connectivity index (χ0n) is 11.1. The molecular weight excluding hydrogens is 294 g/mol. The van der Waals surface area contributed by atoms with Crippen molar-refractivity contribution in [1.29, 1.82) is 0 Å². The maximum absolute atomic E-state index is 11.7. The molecule has 0 amide bonds. The molecular formula is C9H21N3O5S2. The van der Waals surface area contributed by atoms with Gasteiger partial charge in [-0.1, -0.05) is 0 Å². The van der Waals surface area contributed by atoms with Crippen LogP contribution in [0.25, 0.3) is 0 Å². The summed E-state index contributed by atoms with van der Waals surface area (Å²) >= 11 is 0. The van der Waals surface area contributed by atoms with Gasteiger partial charge in [0, 0.05) is 33.8 Å². The van der Waals surface area contributed by atoms with Gasteiger partial charge < -0.3 is 4.74 Å². The van der Waals surface area contributed by atoms with E-state index >= 15 is 0 Å². The second kappa shape index (κ2) is 6.95. The lowest BCUT2D eigenvalue weighted by Gasteiger charge is -2.13. The molecule has 0 saturated carbocycles. The van der Waals surface area contributed by atoms with E-state index in [2.05, 4.69) is 9.44 Å². The molecule has 1 atom stereocenters. The van der Waals surface area contributed by atoms with Crippen molar-refractivity contribution in [3.63, 3.8) is 0 Å². The van der Waals surface area contributed by atoms with Gasteiger partial charge in [-0.05, 0) is 12.8 Å². The molecule has 0 radical (unpaired) electrons. The molecule has 0 aromatic heterocycles. The van der Waals surface area contributed by atoms with Crippen LogP contribution in [0.2, 0.25) is 0 Å². The SMILES string of the molecule is CN(C)S(=O)(=O)NCCNS(=O)(=O)CC1CCCO1. The van der Waals surface area contributed by atoms with Gasteiger partial charge in [-0.25, -0.2) is 17.9 Å². The van der Waals surface area contributed by atoms with Gasteiger partial charge in [0.1, 0.15) is 0 Å². The quantitative estimate of drug-likeness (QED) is 0.529. The first kappa shape index (κ1) is 16.8. The lowest BCUT2D eigenvalue weighted by atomic mass is 10.3. The van der Waals surface area contributed by atoms with Crippen LogP contribution < -0.4 is 9.44 Å². The summed E-state index contributed by atoms with van der Waals surface area (Å²) in [6.45, 7) is 0.621. The Labute approximate surface area is 114 Å². The maximum Gasteiger partial charge on any atom is 0.278 e. The van der Waals surface area contributed by atoms with Crippen LogP contribution in [-0.4, -0.2) is 66.8 Å². The van der Waals surface area contributed by atoms with Crippen LogP contribution in [0, 0.1) is 0 Å². The third-order valence-corrected chi connectivity index (χ3v) is 5.63. The summed E-state index contributed by atoms with van der Waals surface area (Å²) in [5.74, 6) is -0.0760. The van der Waals surface area contributed by atoms with Gasteiger partial charge in [0.2, 0.25) is 10.0 Å². The Bertz CT molecular complexity index is 468. The van der Waals surface area contributed by atoms with E-state index in [1.54, 1.807) is 0 Å². The molecule has 1 fully saturated rings. The summed E-state index contributed by atoms with van der Waals surface area (Å²) in [6, 6.07) is 0. The number of ether oxygens (including phenoxy) is 1. The lowest BCUT2D eigenvalue weighted by molar-refractivity contribution is 0.127. The fourth-order valence-electron chi connectivity index (χ4n) is 1.60. The summed E-state index contributed by atoms with van der Waals surface area (Å²) in [5.41, 5.74) is 0. The van der Waals surface area contributed by atoms with Crippen molar-refractivity contribution in [3.05, 3.63) is 0 Å². The zero-order valence-corrected chi connectivity index (χ0v) is 12.8. The molecule has 1 aliphatic rings. The number of nitrogens with zero attached hydrogens (tertiary/aromatic N) is 1. The van der Waals surface area contributed by atoms with E-state index in [1.807, 2.05) is 0 Å². The molecule has 2 N–H and O–H groups in total. The second-order valence-corrected chi connectivity index (χ2v) is 8.31. The molecule has 10 heteroatoms. The molecule has 19 heavy (non-hydrogen) atoms. The van der Waals surface area contributed by atoms with E-state index < -0.39 is 20.2 Å². The molecule has 114 valence electrons. The van der Waals surface area contributed by atoms with Gasteiger partial charge in [-0.15, -0.1) is 0 Å². The summed E-state index contributed by atoms with van der Waals surface area (Å²) < 4.78 is 56.9. The van der Waals surface area contributed by atoms with Crippen LogP contribution in [-0.2, 0) is 25.0 Å². The van der Waals surface area contributed by atoms with E-state index in [9.17, 15) is 16.8 Å². The van der Waals surface area contributed by atoms with Gasteiger partial charge in [0.05, 0.1) is 11.9 Å². The van der Waals surface area contributed by atoms with Crippen molar-refractivity contribution >= 4 is 20.2 Å². The Morgan fingerprint density at radius 3 is 2.32 bits per heavy atom. The molecule has 0 bridgehead atoms. The minimum absolute atomic E-state index is 0.00523. The highest BCUT2D eigenvalue weighted by Gasteiger charge is 2.23. The van der Waals surface area contributed by atoms with E-state index in [0.29, 0.717) is 6.61 Å². The van der Waals surface area contributed by atoms with Crippen molar-refractivity contribution in [1.82, 2.24) is 13.7 Å². The van der Waals surface area contributed by atoms with Gasteiger partial charge in [-0.3, -0.25) is 0 Å². The monoisotopic (exact) mass is 315 g/mol. The first-order valence-electron chi connectivity index (χ1n) is 5.99. The standard InChI is InChI=1S/C9H21N3O5S2/c1-12(2)19(15,16)11-6-5-10-18(13,14)8-9-4-3-7-17-9/h9-11H,3-8H2,1-2H3. The van der Waals surface area contributed by atoms with Gasteiger partial charge in [0.25, 0.3) is 10.2 Å². The number of rotatable bonds is 8. The summed E-state index contributed by atoms with van der Waals surface area (Å²) in [5, 5.41) is 0. The fourth-order valence-corrected chi connectivity index (χ4v) is 3.50. The Hall–Kier alpha value is -0.260. The van der Waals surface area contributed by atoms with E-state index in [-0.39, 0.29) is 24.9 Å². The van der Waals surface area contributed by atoms with Crippen molar-refractivity contribution in [3.8, 4) is 0 Å². The summed E-state index contributed by atoms with van der Waals surface area (Å²) in [6.07, 6.45) is 1.37. The smallest absolute Gasteiger partial charge is 0.278 e. The molecule has 1 aliphatic heterocycles. The van der Waals surface area contributed by atoms with Gasteiger partial charge >= 0.3 is 0 Å². The third-order valence-electron chi connectivity index (χ3n) is 2.64. The first-order valence-corrected chi connectivity index (χ1v) is 9.08. The molecule has 0 spiro atoms. The largest absolute Gasteiger partial charge is 0.377 e. The van der Waals surface area contributed by atoms with Crippen LogP contribution in [0.3, 0.4) is 0 Å². The molecule has 1 unspecified atom stereocenters. The summed E-state index contributed by atoms with van der Waals surface area (Å²) in [7, 11) is -4.16. The van der Waals surface area contributed by atoms with Crippen LogP contribution in [0.15, 0.2) is 0 Å². The minimum atomic E-state index is -3.51. The summed E-state index contributed by atoms with van der Waals surface area (Å²) in [4.78, 5) is 0. The average Bonchev–Trinajstić information content (AvgIpc) is 2.76. The number of sulfonamides is 1. The number of hydrogen-bond acceptors (Lipinski definition) is 5. The van der Waals surface area contributed by atoms with Crippen LogP contribution in [0.5, 0.6) is 0 Å². The van der Waals surface area contributed by atoms with Gasteiger partial charge in [0.15, 0.2) is 0 Å². The van der Waals surface area contributed by atoms with E-state index in [0.717, 1.165) is 17.1 Å². The van der Waals surface area contributed by atoms with E-state index in [4.69, 9.17) is 4.74 Å². The average molecular weight is 315 g/mol. The van der Waals surface area contributed by atoms with Crippen LogP contribution in [0.4, 0.5) is 0 Å². The normalized spacial score (nSPS) is 21.1. The Balaban J connectivity index is 2.28. The minimum Gasteiger partial charge on any atom is -0.377 e. The molecule has 0 aromatic carbocycles. The molecule has 8 nitrogen and oxygen atoms in total. The lowest BCUT2D eigenvalue weighted by Crippen LogP contribution is -2.41. The van der Waals surface area contributed by atoms with E-state index in [1.165, 1.54) is 14.1 Å². The molecule has 1 rings (SSSR count). The number of nitrogens with one attached hydrogen (secondary N) is 2. The van der Waals surface area contributed by atoms with Crippen LogP contribution >= 0.6 is 0 Å². The predicted molar refractivity (Wildman–Crippen MR) is 71.4 cm³/mol. The first-order chi connectivity index (χ1) is 8.73. The van der Waals surface area contributed by atoms with Gasteiger partial charge in [-0.2, -0.15) is 12.7 Å². The second-order valence-electron chi connectivity index (χ2n) is 4.49. The highest BCUT2D eigenvalue weighted by molar-refractivity contribution is 7.89. The maximum atomic E-state index is 11.7. The molecule has 1 heterocycles. The van der Waals surface area contributed by atoms with Crippen molar-refractivity contribution in [2.24, 2.45) is 0 Å². The van der Waals surface area contributed by atoms with Crippen LogP contribution in [0.1, 0.15) is 12.8 Å². The third kappa shape index (κ3) is 6.15. The molecule has 0 aromatic rings. The van der Waals surface area contributed by atoms with Crippen molar-refractivity contribution in [2.45, 2.75) is 18.9 Å². The van der Waals surface area contributed by atoms with Crippen molar-refractivity contribution in [2.75, 3.05) is 39.5 Å². The molecule has 1 saturated heterocycles. The fraction of sp³-hybridized carbons (Fsp3) is 1.00. The van der Waals surface area contributed by atoms with Crippen molar-refractivity contribution < 1.29 is 21.6 Å². The highest BCUT2D eigenvalue weighted by atomic mass is 32.2. The zero-order chi connectivity index (χ0) is 14.5. The predicted octanol–water partition coefficient (Wildman–Crippen LogP) is -1.52. The number of hydrogen-bond donors (Lipinski definition) is 2. The Morgan fingerprint density at radius 2 is 1.79 bits per heavy atom. The Kier molecular flexibility index (Phi) is 6.15.